The number of hydrogen-bond donors (Lipinski definition) is 1. The van der Waals surface area contributed by atoms with E-state index in [1.54, 1.807) is 6.07 Å². The number of nitrogens with one attached hydrogen (secondary N) is 1. The molecule has 2 rings (SSSR count). The predicted molar refractivity (Wildman–Crippen MR) is 81.3 cm³/mol. The summed E-state index contributed by atoms with van der Waals surface area (Å²) in [6.07, 6.45) is 3.64. The molecule has 1 aliphatic rings. The molecule has 0 bridgehead atoms. The highest BCUT2D eigenvalue weighted by molar-refractivity contribution is 5.90. The topological polar surface area (TPSA) is 41.6 Å². The fourth-order valence-electron chi connectivity index (χ4n) is 2.73. The Balaban J connectivity index is 2.16. The number of nitrogens with zero attached hydrogens (tertiary/aromatic N) is 1. The van der Waals surface area contributed by atoms with Crippen molar-refractivity contribution in [3.63, 3.8) is 0 Å². The molecule has 110 valence electrons. The highest BCUT2D eigenvalue weighted by Gasteiger charge is 2.22. The normalized spacial score (nSPS) is 18.9. The van der Waals surface area contributed by atoms with E-state index >= 15 is 0 Å². The third kappa shape index (κ3) is 3.51. The van der Waals surface area contributed by atoms with Gasteiger partial charge in [0.25, 0.3) is 0 Å². The first kappa shape index (κ1) is 14.9. The molecule has 0 amide bonds. The van der Waals surface area contributed by atoms with Gasteiger partial charge in [0.05, 0.1) is 12.7 Å². The van der Waals surface area contributed by atoms with Crippen molar-refractivity contribution < 1.29 is 9.53 Å². The summed E-state index contributed by atoms with van der Waals surface area (Å²) in [6.45, 7) is 5.21. The maximum Gasteiger partial charge on any atom is 0.337 e. The van der Waals surface area contributed by atoms with Crippen molar-refractivity contribution in [3.05, 3.63) is 29.8 Å². The predicted octanol–water partition coefficient (Wildman–Crippen LogP) is 2.44. The molecule has 0 saturated carbocycles. The molecular formula is C16H24N2O2. The van der Waals surface area contributed by atoms with Crippen molar-refractivity contribution in [1.82, 2.24) is 5.32 Å². The van der Waals surface area contributed by atoms with Gasteiger partial charge in [-0.2, -0.15) is 0 Å². The lowest BCUT2D eigenvalue weighted by atomic mass is 10.0. The second kappa shape index (κ2) is 7.29. The molecule has 0 radical (unpaired) electrons. The van der Waals surface area contributed by atoms with Crippen molar-refractivity contribution in [2.45, 2.75) is 32.2 Å². The lowest BCUT2D eigenvalue weighted by molar-refractivity contribution is 0.0601. The average molecular weight is 276 g/mol. The maximum atomic E-state index is 11.6. The molecule has 1 atom stereocenters. The molecule has 1 saturated heterocycles. The molecule has 1 aromatic carbocycles. The van der Waals surface area contributed by atoms with Crippen LogP contribution in [0.3, 0.4) is 0 Å². The summed E-state index contributed by atoms with van der Waals surface area (Å²) in [6, 6.07) is 8.27. The van der Waals surface area contributed by atoms with Crippen LogP contribution in [0.15, 0.2) is 24.3 Å². The summed E-state index contributed by atoms with van der Waals surface area (Å²) in [5, 5.41) is 3.46. The van der Waals surface area contributed by atoms with E-state index in [9.17, 15) is 4.79 Å². The Morgan fingerprint density at radius 2 is 2.35 bits per heavy atom. The minimum absolute atomic E-state index is 0.271. The van der Waals surface area contributed by atoms with Gasteiger partial charge in [0.2, 0.25) is 0 Å². The number of ether oxygens (including phenoxy) is 1. The fraction of sp³-hybridized carbons (Fsp3) is 0.562. The van der Waals surface area contributed by atoms with E-state index in [-0.39, 0.29) is 5.97 Å². The highest BCUT2D eigenvalue weighted by Crippen LogP contribution is 2.22. The fourth-order valence-corrected chi connectivity index (χ4v) is 2.73. The average Bonchev–Trinajstić information content (AvgIpc) is 2.52. The molecule has 0 spiro atoms. The van der Waals surface area contributed by atoms with Crippen molar-refractivity contribution in [2.24, 2.45) is 0 Å². The van der Waals surface area contributed by atoms with Crippen molar-refractivity contribution in [1.29, 1.82) is 0 Å². The van der Waals surface area contributed by atoms with E-state index < -0.39 is 0 Å². The van der Waals surface area contributed by atoms with Crippen LogP contribution in [0.1, 0.15) is 36.5 Å². The number of piperazine rings is 1. The third-order valence-corrected chi connectivity index (χ3v) is 3.84. The van der Waals surface area contributed by atoms with Gasteiger partial charge in [0.1, 0.15) is 0 Å². The van der Waals surface area contributed by atoms with Crippen LogP contribution in [0.2, 0.25) is 0 Å². The standard InChI is InChI=1S/C16H24N2O2/c1-3-4-7-15-12-17-9-10-18(15)14-8-5-6-13(11-14)16(19)20-2/h5-6,8,11,15,17H,3-4,7,9-10,12H2,1-2H3/t15-/m1/s1. The number of benzene rings is 1. The Kier molecular flexibility index (Phi) is 5.41. The van der Waals surface area contributed by atoms with Gasteiger partial charge in [-0.3, -0.25) is 0 Å². The Morgan fingerprint density at radius 3 is 3.10 bits per heavy atom. The van der Waals surface area contributed by atoms with Gasteiger partial charge in [0, 0.05) is 31.4 Å². The summed E-state index contributed by atoms with van der Waals surface area (Å²) in [5.74, 6) is -0.271. The lowest BCUT2D eigenvalue weighted by Crippen LogP contribution is -2.51. The minimum atomic E-state index is -0.271. The number of anilines is 1. The maximum absolute atomic E-state index is 11.6. The van der Waals surface area contributed by atoms with Crippen molar-refractivity contribution >= 4 is 11.7 Å². The molecule has 1 N–H and O–H groups in total. The van der Waals surface area contributed by atoms with Crippen LogP contribution in [0.4, 0.5) is 5.69 Å². The van der Waals surface area contributed by atoms with Crippen molar-refractivity contribution in [3.8, 4) is 0 Å². The highest BCUT2D eigenvalue weighted by atomic mass is 16.5. The first-order valence-electron chi connectivity index (χ1n) is 7.42. The third-order valence-electron chi connectivity index (χ3n) is 3.84. The van der Waals surface area contributed by atoms with Gasteiger partial charge in [-0.05, 0) is 24.6 Å². The Hall–Kier alpha value is -1.55. The molecule has 0 aliphatic carbocycles. The number of rotatable bonds is 5. The van der Waals surface area contributed by atoms with Gasteiger partial charge in [-0.1, -0.05) is 25.8 Å². The first-order valence-corrected chi connectivity index (χ1v) is 7.42. The van der Waals surface area contributed by atoms with E-state index in [0.717, 1.165) is 25.3 Å². The number of carbonyl (C=O) groups excluding carboxylic acids is 1. The Morgan fingerprint density at radius 1 is 1.50 bits per heavy atom. The zero-order valence-electron chi connectivity index (χ0n) is 12.4. The minimum Gasteiger partial charge on any atom is -0.465 e. The van der Waals surface area contributed by atoms with Crippen LogP contribution in [-0.4, -0.2) is 38.8 Å². The van der Waals surface area contributed by atoms with E-state index in [1.807, 2.05) is 12.1 Å². The second-order valence-corrected chi connectivity index (χ2v) is 5.24. The summed E-state index contributed by atoms with van der Waals surface area (Å²) in [7, 11) is 1.42. The van der Waals surface area contributed by atoms with Crippen LogP contribution >= 0.6 is 0 Å². The molecule has 1 fully saturated rings. The Labute approximate surface area is 121 Å². The smallest absolute Gasteiger partial charge is 0.337 e. The van der Waals surface area contributed by atoms with Crippen molar-refractivity contribution in [2.75, 3.05) is 31.6 Å². The zero-order chi connectivity index (χ0) is 14.4. The molecule has 1 aliphatic heterocycles. The van der Waals surface area contributed by atoms with Gasteiger partial charge in [0.15, 0.2) is 0 Å². The van der Waals surface area contributed by atoms with Crippen LogP contribution in [0, 0.1) is 0 Å². The molecular weight excluding hydrogens is 252 g/mol. The van der Waals surface area contributed by atoms with Gasteiger partial charge in [-0.15, -0.1) is 0 Å². The van der Waals surface area contributed by atoms with Crippen LogP contribution in [-0.2, 0) is 4.74 Å². The number of unbranched alkanes of at least 4 members (excludes halogenated alkanes) is 1. The molecule has 1 heterocycles. The van der Waals surface area contributed by atoms with Gasteiger partial charge in [-0.25, -0.2) is 4.79 Å². The Bertz CT molecular complexity index is 448. The second-order valence-electron chi connectivity index (χ2n) is 5.24. The monoisotopic (exact) mass is 276 g/mol. The molecule has 0 unspecified atom stereocenters. The van der Waals surface area contributed by atoms with E-state index in [4.69, 9.17) is 4.74 Å². The number of carbonyl (C=O) groups is 1. The van der Waals surface area contributed by atoms with Crippen LogP contribution in [0.5, 0.6) is 0 Å². The first-order chi connectivity index (χ1) is 9.76. The number of methoxy groups -OCH3 is 1. The molecule has 4 heteroatoms. The summed E-state index contributed by atoms with van der Waals surface area (Å²) < 4.78 is 4.80. The van der Waals surface area contributed by atoms with Crippen LogP contribution in [0.25, 0.3) is 0 Å². The largest absolute Gasteiger partial charge is 0.465 e. The quantitative estimate of drug-likeness (QED) is 0.839. The summed E-state index contributed by atoms with van der Waals surface area (Å²) >= 11 is 0. The van der Waals surface area contributed by atoms with E-state index in [0.29, 0.717) is 11.6 Å². The molecule has 1 aromatic rings. The van der Waals surface area contributed by atoms with Gasteiger partial charge < -0.3 is 15.0 Å². The lowest BCUT2D eigenvalue weighted by Gasteiger charge is -2.38. The molecule has 4 nitrogen and oxygen atoms in total. The molecule has 0 aromatic heterocycles. The number of esters is 1. The summed E-state index contributed by atoms with van der Waals surface area (Å²) in [5.41, 5.74) is 1.74. The van der Waals surface area contributed by atoms with E-state index in [1.165, 1.54) is 26.4 Å². The number of hydrogen-bond acceptors (Lipinski definition) is 4. The van der Waals surface area contributed by atoms with Gasteiger partial charge >= 0.3 is 5.97 Å². The van der Waals surface area contributed by atoms with Crippen LogP contribution < -0.4 is 10.2 Å². The zero-order valence-corrected chi connectivity index (χ0v) is 12.4. The summed E-state index contributed by atoms with van der Waals surface area (Å²) in [4.78, 5) is 14.1. The van der Waals surface area contributed by atoms with E-state index in [2.05, 4.69) is 23.2 Å². The molecule has 20 heavy (non-hydrogen) atoms. The SMILES string of the molecule is CCCC[C@@H]1CNCCN1c1cccc(C(=O)OC)c1.